The topological polar surface area (TPSA) is 58.3 Å². The third-order valence-corrected chi connectivity index (χ3v) is 5.03. The Hall–Kier alpha value is -2.25. The van der Waals surface area contributed by atoms with Crippen LogP contribution >= 0.6 is 11.3 Å². The molecule has 24 heavy (non-hydrogen) atoms. The van der Waals surface area contributed by atoms with Crippen LogP contribution in [0.2, 0.25) is 0 Å². The number of aromatic nitrogens is 3. The van der Waals surface area contributed by atoms with Crippen LogP contribution in [-0.2, 0) is 6.54 Å². The monoisotopic (exact) mass is 341 g/mol. The van der Waals surface area contributed by atoms with E-state index in [1.165, 1.54) is 5.56 Å². The van der Waals surface area contributed by atoms with Crippen LogP contribution < -0.4 is 4.90 Å². The minimum atomic E-state index is 0.589. The maximum atomic E-state index is 5.41. The van der Waals surface area contributed by atoms with Gasteiger partial charge in [-0.3, -0.25) is 4.90 Å². The first-order valence-corrected chi connectivity index (χ1v) is 8.92. The molecule has 6 nitrogen and oxygen atoms in total. The Kier molecular flexibility index (Phi) is 4.27. The van der Waals surface area contributed by atoms with Gasteiger partial charge in [-0.2, -0.15) is 4.98 Å². The normalized spacial score (nSPS) is 15.8. The van der Waals surface area contributed by atoms with Gasteiger partial charge >= 0.3 is 0 Å². The van der Waals surface area contributed by atoms with E-state index in [-0.39, 0.29) is 0 Å². The molecule has 3 heterocycles. The molecule has 2 aromatic heterocycles. The largest absolute Gasteiger partial charge is 0.346 e. The van der Waals surface area contributed by atoms with Crippen molar-refractivity contribution in [2.24, 2.45) is 0 Å². The van der Waals surface area contributed by atoms with Crippen molar-refractivity contribution in [1.29, 1.82) is 0 Å². The van der Waals surface area contributed by atoms with E-state index in [0.29, 0.717) is 5.89 Å². The number of hydrogen-bond acceptors (Lipinski definition) is 7. The van der Waals surface area contributed by atoms with Crippen molar-refractivity contribution < 1.29 is 4.52 Å². The molecule has 1 aliphatic rings. The molecule has 0 amide bonds. The van der Waals surface area contributed by atoms with E-state index in [1.54, 1.807) is 11.3 Å². The van der Waals surface area contributed by atoms with Crippen molar-refractivity contribution in [2.45, 2.75) is 13.5 Å². The number of anilines is 1. The number of thiazole rings is 1. The fourth-order valence-electron chi connectivity index (χ4n) is 2.80. The van der Waals surface area contributed by atoms with Gasteiger partial charge in [-0.25, -0.2) is 4.98 Å². The van der Waals surface area contributed by atoms with E-state index < -0.39 is 0 Å². The summed E-state index contributed by atoms with van der Waals surface area (Å²) in [6, 6.07) is 8.13. The van der Waals surface area contributed by atoms with Gasteiger partial charge in [-0.05, 0) is 19.1 Å². The minimum Gasteiger partial charge on any atom is -0.346 e. The Morgan fingerprint density at radius 1 is 1.12 bits per heavy atom. The van der Waals surface area contributed by atoms with Gasteiger partial charge in [0.15, 0.2) is 11.0 Å². The molecule has 0 unspecified atom stereocenters. The molecule has 0 spiro atoms. The van der Waals surface area contributed by atoms with E-state index in [9.17, 15) is 0 Å². The van der Waals surface area contributed by atoms with Gasteiger partial charge in [0, 0.05) is 43.3 Å². The van der Waals surface area contributed by atoms with Crippen molar-refractivity contribution in [3.05, 3.63) is 47.2 Å². The summed E-state index contributed by atoms with van der Waals surface area (Å²) >= 11 is 1.69. The Balaban J connectivity index is 1.36. The smallest absolute Gasteiger partial charge is 0.257 e. The SMILES string of the molecule is Cc1ccc(-c2nc(CN3CCN(c4nccs4)CC3)no2)cc1. The van der Waals surface area contributed by atoms with Crippen LogP contribution in [0.15, 0.2) is 40.4 Å². The van der Waals surface area contributed by atoms with Crippen LogP contribution in [-0.4, -0.2) is 46.2 Å². The Labute approximate surface area is 144 Å². The standard InChI is InChI=1S/C17H19N5OS/c1-13-2-4-14(5-3-13)16-19-15(20-23-16)12-21-7-9-22(10-8-21)17-18-6-11-24-17/h2-6,11H,7-10,12H2,1H3. The zero-order valence-corrected chi connectivity index (χ0v) is 14.4. The zero-order valence-electron chi connectivity index (χ0n) is 13.6. The Morgan fingerprint density at radius 3 is 2.62 bits per heavy atom. The van der Waals surface area contributed by atoms with Crippen LogP contribution in [0.1, 0.15) is 11.4 Å². The molecule has 4 rings (SSSR count). The van der Waals surface area contributed by atoms with Gasteiger partial charge in [-0.15, -0.1) is 11.3 Å². The van der Waals surface area contributed by atoms with Gasteiger partial charge in [0.05, 0.1) is 6.54 Å². The average molecular weight is 341 g/mol. The number of hydrogen-bond donors (Lipinski definition) is 0. The van der Waals surface area contributed by atoms with Crippen molar-refractivity contribution in [1.82, 2.24) is 20.0 Å². The fourth-order valence-corrected chi connectivity index (χ4v) is 3.50. The van der Waals surface area contributed by atoms with Crippen molar-refractivity contribution in [3.8, 4) is 11.5 Å². The summed E-state index contributed by atoms with van der Waals surface area (Å²) in [5.74, 6) is 1.33. The highest BCUT2D eigenvalue weighted by Crippen LogP contribution is 2.20. The Morgan fingerprint density at radius 2 is 1.92 bits per heavy atom. The van der Waals surface area contributed by atoms with Crippen LogP contribution in [0.3, 0.4) is 0 Å². The number of nitrogens with zero attached hydrogens (tertiary/aromatic N) is 5. The lowest BCUT2D eigenvalue weighted by Gasteiger charge is -2.33. The van der Waals surface area contributed by atoms with Gasteiger partial charge in [0.2, 0.25) is 0 Å². The quantitative estimate of drug-likeness (QED) is 0.727. The first-order valence-electron chi connectivity index (χ1n) is 8.04. The van der Waals surface area contributed by atoms with Gasteiger partial charge in [0.1, 0.15) is 0 Å². The summed E-state index contributed by atoms with van der Waals surface area (Å²) < 4.78 is 5.41. The van der Waals surface area contributed by atoms with E-state index in [2.05, 4.69) is 44.0 Å². The molecule has 0 saturated carbocycles. The average Bonchev–Trinajstić information content (AvgIpc) is 3.28. The summed E-state index contributed by atoms with van der Waals surface area (Å²) in [5.41, 5.74) is 2.18. The molecule has 0 atom stereocenters. The molecular formula is C17H19N5OS. The Bertz CT molecular complexity index is 776. The number of rotatable bonds is 4. The predicted octanol–water partition coefficient (Wildman–Crippen LogP) is 2.82. The highest BCUT2D eigenvalue weighted by Gasteiger charge is 2.20. The van der Waals surface area contributed by atoms with Crippen LogP contribution in [0.4, 0.5) is 5.13 Å². The number of benzene rings is 1. The second-order valence-electron chi connectivity index (χ2n) is 5.96. The van der Waals surface area contributed by atoms with Gasteiger partial charge < -0.3 is 9.42 Å². The molecule has 1 fully saturated rings. The molecule has 0 aliphatic carbocycles. The predicted molar refractivity (Wildman–Crippen MR) is 94.1 cm³/mol. The first kappa shape index (κ1) is 15.3. The second-order valence-corrected chi connectivity index (χ2v) is 6.83. The maximum Gasteiger partial charge on any atom is 0.257 e. The molecule has 1 aromatic carbocycles. The lowest BCUT2D eigenvalue weighted by molar-refractivity contribution is 0.240. The third kappa shape index (κ3) is 3.32. The summed E-state index contributed by atoms with van der Waals surface area (Å²) in [6.45, 7) is 6.71. The zero-order chi connectivity index (χ0) is 16.4. The molecule has 1 aliphatic heterocycles. The maximum absolute atomic E-state index is 5.41. The van der Waals surface area contributed by atoms with Crippen molar-refractivity contribution in [2.75, 3.05) is 31.1 Å². The summed E-state index contributed by atoms with van der Waals surface area (Å²) in [5, 5.41) is 7.26. The van der Waals surface area contributed by atoms with Crippen LogP contribution in [0.25, 0.3) is 11.5 Å². The third-order valence-electron chi connectivity index (χ3n) is 4.19. The lowest BCUT2D eigenvalue weighted by Crippen LogP contribution is -2.46. The second kappa shape index (κ2) is 6.70. The highest BCUT2D eigenvalue weighted by molar-refractivity contribution is 7.13. The summed E-state index contributed by atoms with van der Waals surface area (Å²) in [7, 11) is 0. The first-order chi connectivity index (χ1) is 11.8. The molecule has 0 N–H and O–H groups in total. The molecule has 0 bridgehead atoms. The molecule has 3 aromatic rings. The van der Waals surface area contributed by atoms with E-state index in [0.717, 1.165) is 49.2 Å². The van der Waals surface area contributed by atoms with E-state index >= 15 is 0 Å². The number of piperazine rings is 1. The number of aryl methyl sites for hydroxylation is 1. The van der Waals surface area contributed by atoms with E-state index in [4.69, 9.17) is 4.52 Å². The minimum absolute atomic E-state index is 0.589. The van der Waals surface area contributed by atoms with Crippen molar-refractivity contribution in [3.63, 3.8) is 0 Å². The van der Waals surface area contributed by atoms with Crippen LogP contribution in [0.5, 0.6) is 0 Å². The van der Waals surface area contributed by atoms with E-state index in [1.807, 2.05) is 23.7 Å². The summed E-state index contributed by atoms with van der Waals surface area (Å²) in [4.78, 5) is 13.6. The van der Waals surface area contributed by atoms with Crippen molar-refractivity contribution >= 4 is 16.5 Å². The molecule has 7 heteroatoms. The molecule has 0 radical (unpaired) electrons. The lowest BCUT2D eigenvalue weighted by atomic mass is 10.1. The highest BCUT2D eigenvalue weighted by atomic mass is 32.1. The van der Waals surface area contributed by atoms with Crippen LogP contribution in [0, 0.1) is 6.92 Å². The molecular weight excluding hydrogens is 322 g/mol. The molecule has 124 valence electrons. The van der Waals surface area contributed by atoms with Gasteiger partial charge in [0.25, 0.3) is 5.89 Å². The summed E-state index contributed by atoms with van der Waals surface area (Å²) in [6.07, 6.45) is 1.86. The van der Waals surface area contributed by atoms with Gasteiger partial charge in [-0.1, -0.05) is 22.9 Å². The fraction of sp³-hybridized carbons (Fsp3) is 0.353. The molecule has 1 saturated heterocycles.